The first kappa shape index (κ1) is 32.0. The Hall–Kier alpha value is -2.62. The summed E-state index contributed by atoms with van der Waals surface area (Å²) >= 11 is 0. The van der Waals surface area contributed by atoms with Crippen LogP contribution in [0.1, 0.15) is 128 Å². The molecule has 4 nitrogen and oxygen atoms in total. The number of benzene rings is 1. The van der Waals surface area contributed by atoms with Gasteiger partial charge in [0.25, 0.3) is 0 Å². The van der Waals surface area contributed by atoms with Gasteiger partial charge in [-0.05, 0) is 140 Å². The molecule has 4 saturated carbocycles. The summed E-state index contributed by atoms with van der Waals surface area (Å²) in [6.45, 7) is 22.5. The summed E-state index contributed by atoms with van der Waals surface area (Å²) in [5.41, 5.74) is 5.29. The Morgan fingerprint density at radius 3 is 2.41 bits per heavy atom. The monoisotopic (exact) mass is 623 g/mol. The molecule has 0 N–H and O–H groups in total. The van der Waals surface area contributed by atoms with Gasteiger partial charge in [0.1, 0.15) is 0 Å². The summed E-state index contributed by atoms with van der Waals surface area (Å²) in [5, 5.41) is 4.37. The number of carbonyl (C=O) groups is 1. The molecule has 0 aliphatic heterocycles. The van der Waals surface area contributed by atoms with Crippen LogP contribution in [0.25, 0.3) is 5.57 Å². The summed E-state index contributed by atoms with van der Waals surface area (Å²) in [4.78, 5) is 13.2. The average Bonchev–Trinajstić information content (AvgIpc) is 3.66. The van der Waals surface area contributed by atoms with E-state index in [9.17, 15) is 4.79 Å². The number of hydrogen-bond acceptors (Lipinski definition) is 4. The fourth-order valence-corrected chi connectivity index (χ4v) is 13.0. The maximum Gasteiger partial charge on any atom is 0.338 e. The van der Waals surface area contributed by atoms with E-state index in [0.717, 1.165) is 37.1 Å². The minimum absolute atomic E-state index is 0.0392. The number of ether oxygens (including phenoxy) is 1. The van der Waals surface area contributed by atoms with E-state index >= 15 is 0 Å². The highest BCUT2D eigenvalue weighted by atomic mass is 16.5. The molecule has 0 amide bonds. The normalized spacial score (nSPS) is 40.9. The number of nitrogens with zero attached hydrogens (tertiary/aromatic N) is 1. The molecule has 2 aromatic rings. The minimum atomic E-state index is -0.175. The highest BCUT2D eigenvalue weighted by Gasteiger charge is 2.70. The van der Waals surface area contributed by atoms with Crippen LogP contribution in [0.15, 0.2) is 59.1 Å². The molecule has 248 valence electrons. The van der Waals surface area contributed by atoms with Crippen molar-refractivity contribution >= 4 is 11.5 Å². The Morgan fingerprint density at radius 2 is 1.72 bits per heavy atom. The lowest BCUT2D eigenvalue weighted by Gasteiger charge is -2.72. The van der Waals surface area contributed by atoms with E-state index in [0.29, 0.717) is 41.8 Å². The first-order valence-electron chi connectivity index (χ1n) is 18.3. The van der Waals surface area contributed by atoms with Crippen LogP contribution in [0.3, 0.4) is 0 Å². The number of rotatable bonds is 6. The van der Waals surface area contributed by atoms with Gasteiger partial charge in [-0.15, -0.1) is 0 Å². The van der Waals surface area contributed by atoms with Crippen molar-refractivity contribution in [2.45, 2.75) is 113 Å². The van der Waals surface area contributed by atoms with Crippen molar-refractivity contribution in [2.75, 3.05) is 6.61 Å². The first-order valence-corrected chi connectivity index (χ1v) is 18.3. The van der Waals surface area contributed by atoms with Gasteiger partial charge in [0.2, 0.25) is 0 Å². The molecule has 46 heavy (non-hydrogen) atoms. The number of allylic oxidation sites excluding steroid dienone is 3. The Balaban J connectivity index is 1.20. The van der Waals surface area contributed by atoms with Gasteiger partial charge in [-0.3, -0.25) is 0 Å². The largest absolute Gasteiger partial charge is 0.461 e. The van der Waals surface area contributed by atoms with Gasteiger partial charge in [-0.2, -0.15) is 0 Å². The van der Waals surface area contributed by atoms with Gasteiger partial charge in [0.15, 0.2) is 5.76 Å². The van der Waals surface area contributed by atoms with Crippen molar-refractivity contribution in [3.8, 4) is 0 Å². The van der Waals surface area contributed by atoms with E-state index in [4.69, 9.17) is 9.26 Å². The predicted octanol–water partition coefficient (Wildman–Crippen LogP) is 10.7. The number of hydrogen-bond donors (Lipinski definition) is 0. The molecular weight excluding hydrogens is 566 g/mol. The molecule has 4 fully saturated rings. The summed E-state index contributed by atoms with van der Waals surface area (Å²) < 4.78 is 12.2. The van der Waals surface area contributed by atoms with Crippen LogP contribution >= 0.6 is 0 Å². The van der Waals surface area contributed by atoms with Gasteiger partial charge in [0.05, 0.1) is 17.9 Å². The van der Waals surface area contributed by atoms with Crippen molar-refractivity contribution in [1.82, 2.24) is 5.16 Å². The summed E-state index contributed by atoms with van der Waals surface area (Å²) in [6.07, 6.45) is 14.4. The molecule has 1 aromatic carbocycles. The van der Waals surface area contributed by atoms with Crippen molar-refractivity contribution in [3.63, 3.8) is 0 Å². The SMILES string of the molecule is C=C(C)[C@@H]1CC[C@]2(COC(=O)c3ccccc3)CC[C@]3(C)C(CC[C@@H]4[C@@]5(C)CC=C(c6cc(CC)no6)C(C)(C)[C@@H]5CC[C@]43C)[C@@H]12. The van der Waals surface area contributed by atoms with Crippen LogP contribution in [0.2, 0.25) is 0 Å². The van der Waals surface area contributed by atoms with E-state index < -0.39 is 0 Å². The van der Waals surface area contributed by atoms with Gasteiger partial charge < -0.3 is 9.26 Å². The van der Waals surface area contributed by atoms with Gasteiger partial charge in [0, 0.05) is 11.5 Å². The molecule has 9 atom stereocenters. The molecular formula is C42H57NO3. The van der Waals surface area contributed by atoms with Gasteiger partial charge in [-0.1, -0.05) is 83.1 Å². The van der Waals surface area contributed by atoms with Crippen LogP contribution < -0.4 is 0 Å². The van der Waals surface area contributed by atoms with Gasteiger partial charge in [-0.25, -0.2) is 4.79 Å². The van der Waals surface area contributed by atoms with E-state index in [-0.39, 0.29) is 33.0 Å². The molecule has 0 saturated heterocycles. The fourth-order valence-electron chi connectivity index (χ4n) is 13.0. The maximum atomic E-state index is 13.2. The molecule has 5 aliphatic rings. The van der Waals surface area contributed by atoms with E-state index in [1.54, 1.807) is 0 Å². The number of carbonyl (C=O) groups excluding carboxylic acids is 1. The van der Waals surface area contributed by atoms with Crippen molar-refractivity contribution in [1.29, 1.82) is 0 Å². The third-order valence-corrected chi connectivity index (χ3v) is 15.5. The lowest BCUT2D eigenvalue weighted by atomic mass is 9.32. The highest BCUT2D eigenvalue weighted by Crippen LogP contribution is 2.77. The summed E-state index contributed by atoms with van der Waals surface area (Å²) in [6, 6.07) is 11.7. The van der Waals surface area contributed by atoms with Crippen molar-refractivity contribution in [3.05, 3.63) is 71.6 Å². The zero-order valence-corrected chi connectivity index (χ0v) is 29.6. The third-order valence-electron chi connectivity index (χ3n) is 15.5. The van der Waals surface area contributed by atoms with Crippen LogP contribution in [0.4, 0.5) is 0 Å². The van der Waals surface area contributed by atoms with Crippen LogP contribution in [0.5, 0.6) is 0 Å². The van der Waals surface area contributed by atoms with Crippen LogP contribution in [0, 0.1) is 56.7 Å². The summed E-state index contributed by atoms with van der Waals surface area (Å²) in [5.74, 6) is 3.79. The van der Waals surface area contributed by atoms with E-state index in [1.807, 2.05) is 30.3 Å². The fraction of sp³-hybridized carbons (Fsp3) is 0.667. The van der Waals surface area contributed by atoms with Crippen LogP contribution in [-0.2, 0) is 11.2 Å². The van der Waals surface area contributed by atoms with Gasteiger partial charge >= 0.3 is 5.97 Å². The Labute approximate surface area is 277 Å². The minimum Gasteiger partial charge on any atom is -0.461 e. The predicted molar refractivity (Wildman–Crippen MR) is 185 cm³/mol. The Kier molecular flexibility index (Phi) is 7.61. The standard InChI is InChI=1S/C42H57NO3/c1-9-29-25-33(46-43-29)31-18-20-39(6)34(38(31,4)5)19-21-41(8)35(39)16-15-32-36-30(27(2)3)17-22-42(36,24-23-40(32,41)7)26-45-37(44)28-13-11-10-12-14-28/h10-14,18,25,30,32,34-36H,2,9,15-17,19-24,26H2,1,3-8H3/t30-,32?,34-,35+,36+,39-,40+,41+,42+/m0/s1. The second kappa shape index (κ2) is 11.0. The molecule has 4 heteroatoms. The van der Waals surface area contributed by atoms with Crippen molar-refractivity contribution < 1.29 is 14.1 Å². The zero-order chi connectivity index (χ0) is 32.7. The number of fused-ring (bicyclic) bond motifs is 7. The van der Waals surface area contributed by atoms with Crippen molar-refractivity contribution in [2.24, 2.45) is 56.7 Å². The molecule has 1 unspecified atom stereocenters. The average molecular weight is 624 g/mol. The molecule has 0 spiro atoms. The molecule has 1 aromatic heterocycles. The number of aryl methyl sites for hydroxylation is 1. The molecule has 5 aliphatic carbocycles. The Bertz CT molecular complexity index is 1530. The number of aromatic nitrogens is 1. The highest BCUT2D eigenvalue weighted by molar-refractivity contribution is 5.89. The zero-order valence-electron chi connectivity index (χ0n) is 29.6. The lowest BCUT2D eigenvalue weighted by Crippen LogP contribution is -2.65. The van der Waals surface area contributed by atoms with Crippen LogP contribution in [-0.4, -0.2) is 17.7 Å². The topological polar surface area (TPSA) is 52.3 Å². The smallest absolute Gasteiger partial charge is 0.338 e. The summed E-state index contributed by atoms with van der Waals surface area (Å²) in [7, 11) is 0. The molecule has 0 bridgehead atoms. The Morgan fingerprint density at radius 1 is 0.957 bits per heavy atom. The first-order chi connectivity index (χ1) is 21.8. The maximum absolute atomic E-state index is 13.2. The van der Waals surface area contributed by atoms with E-state index in [2.05, 4.69) is 72.3 Å². The quantitative estimate of drug-likeness (QED) is 0.237. The van der Waals surface area contributed by atoms with E-state index in [1.165, 1.54) is 49.7 Å². The lowest BCUT2D eigenvalue weighted by molar-refractivity contribution is -0.228. The molecule has 1 heterocycles. The second-order valence-electron chi connectivity index (χ2n) is 17.6. The molecule has 0 radical (unpaired) electrons. The third kappa shape index (κ3) is 4.43. The number of esters is 1. The second-order valence-corrected chi connectivity index (χ2v) is 17.6. The molecule has 7 rings (SSSR count).